The summed E-state index contributed by atoms with van der Waals surface area (Å²) in [5.74, 6) is 0. The maximum atomic E-state index is 12.1. The summed E-state index contributed by atoms with van der Waals surface area (Å²) in [6, 6.07) is 8.95. The van der Waals surface area contributed by atoms with E-state index >= 15 is 0 Å². The van der Waals surface area contributed by atoms with Crippen LogP contribution < -0.4 is 4.72 Å². The van der Waals surface area contributed by atoms with Crippen LogP contribution in [-0.4, -0.2) is 13.4 Å². The monoisotopic (exact) mass is 350 g/mol. The zero-order chi connectivity index (χ0) is 14.8. The number of nitrogens with zero attached hydrogens (tertiary/aromatic N) is 1. The van der Waals surface area contributed by atoms with Gasteiger partial charge in [-0.3, -0.25) is 0 Å². The predicted octanol–water partition coefficient (Wildman–Crippen LogP) is 3.52. The molecule has 1 aromatic heterocycles. The number of rotatable bonds is 4. The summed E-state index contributed by atoms with van der Waals surface area (Å²) < 4.78 is 26.6. The van der Waals surface area contributed by atoms with E-state index in [1.54, 1.807) is 0 Å². The highest BCUT2D eigenvalue weighted by Crippen LogP contribution is 2.17. The second-order valence-corrected chi connectivity index (χ2v) is 6.88. The average molecular weight is 352 g/mol. The van der Waals surface area contributed by atoms with Crippen molar-refractivity contribution in [2.24, 2.45) is 0 Å². The van der Waals surface area contributed by atoms with Crippen molar-refractivity contribution in [3.8, 4) is 0 Å². The summed E-state index contributed by atoms with van der Waals surface area (Å²) >= 11 is 17.2. The van der Waals surface area contributed by atoms with Crippen LogP contribution in [0.3, 0.4) is 0 Å². The number of hydrogen-bond donors (Lipinski definition) is 1. The molecular formula is C12H9Cl3N2O2S. The number of sulfonamides is 1. The van der Waals surface area contributed by atoms with Crippen molar-refractivity contribution in [2.45, 2.75) is 11.4 Å². The summed E-state index contributed by atoms with van der Waals surface area (Å²) in [7, 11) is -3.62. The fourth-order valence-corrected chi connectivity index (χ4v) is 3.14. The second-order valence-electron chi connectivity index (χ2n) is 3.90. The van der Waals surface area contributed by atoms with E-state index in [-0.39, 0.29) is 21.7 Å². The van der Waals surface area contributed by atoms with Crippen LogP contribution in [0.4, 0.5) is 0 Å². The third-order valence-corrected chi connectivity index (χ3v) is 4.47. The Labute approximate surface area is 131 Å². The second kappa shape index (κ2) is 6.28. The molecule has 1 heterocycles. The third-order valence-electron chi connectivity index (χ3n) is 2.41. The van der Waals surface area contributed by atoms with Crippen molar-refractivity contribution in [3.63, 3.8) is 0 Å². The van der Waals surface area contributed by atoms with Gasteiger partial charge in [0.05, 0.1) is 4.90 Å². The fourth-order valence-electron chi connectivity index (χ4n) is 1.49. The van der Waals surface area contributed by atoms with Gasteiger partial charge < -0.3 is 0 Å². The van der Waals surface area contributed by atoms with Crippen molar-refractivity contribution < 1.29 is 8.42 Å². The Morgan fingerprint density at radius 3 is 2.10 bits per heavy atom. The summed E-state index contributed by atoms with van der Waals surface area (Å²) in [5.41, 5.74) is 0.618. The minimum atomic E-state index is -3.62. The molecule has 1 aromatic carbocycles. The van der Waals surface area contributed by atoms with E-state index in [1.165, 1.54) is 36.4 Å². The number of hydrogen-bond acceptors (Lipinski definition) is 3. The first-order valence-corrected chi connectivity index (χ1v) is 8.06. The third kappa shape index (κ3) is 4.07. The van der Waals surface area contributed by atoms with Gasteiger partial charge in [0, 0.05) is 11.6 Å². The van der Waals surface area contributed by atoms with Gasteiger partial charge >= 0.3 is 0 Å². The largest absolute Gasteiger partial charge is 0.240 e. The molecule has 106 valence electrons. The molecule has 2 aromatic rings. The molecule has 0 amide bonds. The number of pyridine rings is 1. The Morgan fingerprint density at radius 2 is 1.55 bits per heavy atom. The first kappa shape index (κ1) is 15.5. The van der Waals surface area contributed by atoms with Crippen LogP contribution in [0.1, 0.15) is 5.56 Å². The number of benzene rings is 1. The Kier molecular flexibility index (Phi) is 4.88. The Balaban J connectivity index is 2.15. The molecule has 0 radical (unpaired) electrons. The standard InChI is InChI=1S/C12H9Cl3N2O2S/c13-9-1-3-10(4-2-9)20(18,19)16-7-8-5-11(14)17-12(15)6-8/h1-6,16H,7H2. The lowest BCUT2D eigenvalue weighted by Gasteiger charge is -2.07. The quantitative estimate of drug-likeness (QED) is 0.857. The molecule has 0 spiro atoms. The molecule has 0 unspecified atom stereocenters. The van der Waals surface area contributed by atoms with Crippen molar-refractivity contribution in [2.75, 3.05) is 0 Å². The molecule has 4 nitrogen and oxygen atoms in total. The lowest BCUT2D eigenvalue weighted by molar-refractivity contribution is 0.581. The lowest BCUT2D eigenvalue weighted by Crippen LogP contribution is -2.23. The smallest absolute Gasteiger partial charge is 0.224 e. The van der Waals surface area contributed by atoms with Crippen LogP contribution in [0.5, 0.6) is 0 Å². The Bertz CT molecular complexity index is 698. The highest BCUT2D eigenvalue weighted by atomic mass is 35.5. The Morgan fingerprint density at radius 1 is 1.00 bits per heavy atom. The van der Waals surface area contributed by atoms with Crippen LogP contribution in [0, 0.1) is 0 Å². The van der Waals surface area contributed by atoms with E-state index in [1.807, 2.05) is 0 Å². The molecular weight excluding hydrogens is 343 g/mol. The van der Waals surface area contributed by atoms with Crippen LogP contribution >= 0.6 is 34.8 Å². The molecule has 0 saturated carbocycles. The minimum Gasteiger partial charge on any atom is -0.224 e. The van der Waals surface area contributed by atoms with Gasteiger partial charge in [-0.25, -0.2) is 18.1 Å². The molecule has 0 fully saturated rings. The summed E-state index contributed by atoms with van der Waals surface area (Å²) in [6.45, 7) is 0.0624. The topological polar surface area (TPSA) is 59.1 Å². The van der Waals surface area contributed by atoms with E-state index < -0.39 is 10.0 Å². The van der Waals surface area contributed by atoms with Gasteiger partial charge in [-0.05, 0) is 42.0 Å². The molecule has 1 N–H and O–H groups in total. The van der Waals surface area contributed by atoms with Gasteiger partial charge in [-0.1, -0.05) is 34.8 Å². The van der Waals surface area contributed by atoms with Crippen LogP contribution in [-0.2, 0) is 16.6 Å². The summed E-state index contributed by atoms with van der Waals surface area (Å²) in [5, 5.41) is 0.882. The van der Waals surface area contributed by atoms with E-state index in [9.17, 15) is 8.42 Å². The van der Waals surface area contributed by atoms with Crippen molar-refractivity contribution in [3.05, 3.63) is 57.3 Å². The minimum absolute atomic E-state index is 0.0624. The van der Waals surface area contributed by atoms with Gasteiger partial charge in [0.25, 0.3) is 0 Å². The summed E-state index contributed by atoms with van der Waals surface area (Å²) in [4.78, 5) is 3.92. The Hall–Kier alpha value is -0.850. The SMILES string of the molecule is O=S(=O)(NCc1cc(Cl)nc(Cl)c1)c1ccc(Cl)cc1. The van der Waals surface area contributed by atoms with E-state index in [2.05, 4.69) is 9.71 Å². The number of nitrogens with one attached hydrogen (secondary N) is 1. The normalized spacial score (nSPS) is 11.6. The van der Waals surface area contributed by atoms with Crippen LogP contribution in [0.25, 0.3) is 0 Å². The summed E-state index contributed by atoms with van der Waals surface area (Å²) in [6.07, 6.45) is 0. The van der Waals surface area contributed by atoms with Crippen LogP contribution in [0.15, 0.2) is 41.3 Å². The molecule has 0 aliphatic carbocycles. The highest BCUT2D eigenvalue weighted by Gasteiger charge is 2.13. The van der Waals surface area contributed by atoms with Gasteiger partial charge in [0.15, 0.2) is 0 Å². The molecule has 20 heavy (non-hydrogen) atoms. The van der Waals surface area contributed by atoms with E-state index in [0.717, 1.165) is 0 Å². The predicted molar refractivity (Wildman–Crippen MR) is 79.7 cm³/mol. The maximum Gasteiger partial charge on any atom is 0.240 e. The molecule has 2 rings (SSSR count). The van der Waals surface area contributed by atoms with E-state index in [0.29, 0.717) is 10.6 Å². The van der Waals surface area contributed by atoms with Gasteiger partial charge in [0.2, 0.25) is 10.0 Å². The lowest BCUT2D eigenvalue weighted by atomic mass is 10.3. The van der Waals surface area contributed by atoms with E-state index in [4.69, 9.17) is 34.8 Å². The number of aromatic nitrogens is 1. The number of halogens is 3. The van der Waals surface area contributed by atoms with Crippen molar-refractivity contribution in [1.29, 1.82) is 0 Å². The molecule has 0 atom stereocenters. The zero-order valence-electron chi connectivity index (χ0n) is 9.98. The first-order chi connectivity index (χ1) is 9.37. The fraction of sp³-hybridized carbons (Fsp3) is 0.0833. The molecule has 0 saturated heterocycles. The van der Waals surface area contributed by atoms with Crippen molar-refractivity contribution in [1.82, 2.24) is 9.71 Å². The van der Waals surface area contributed by atoms with Gasteiger partial charge in [-0.15, -0.1) is 0 Å². The van der Waals surface area contributed by atoms with Gasteiger partial charge in [0.1, 0.15) is 10.3 Å². The highest BCUT2D eigenvalue weighted by molar-refractivity contribution is 7.89. The molecule has 0 aliphatic heterocycles. The molecule has 8 heteroatoms. The van der Waals surface area contributed by atoms with Crippen LogP contribution in [0.2, 0.25) is 15.3 Å². The average Bonchev–Trinajstić information content (AvgIpc) is 2.36. The first-order valence-electron chi connectivity index (χ1n) is 5.44. The van der Waals surface area contributed by atoms with Crippen molar-refractivity contribution >= 4 is 44.8 Å². The zero-order valence-corrected chi connectivity index (χ0v) is 13.1. The molecule has 0 aliphatic rings. The van der Waals surface area contributed by atoms with Gasteiger partial charge in [-0.2, -0.15) is 0 Å². The molecule has 0 bridgehead atoms. The maximum absolute atomic E-state index is 12.1.